The van der Waals surface area contributed by atoms with E-state index in [-0.39, 0.29) is 0 Å². The third kappa shape index (κ3) is 7.85. The first kappa shape index (κ1) is 9.85. The number of hydrogen-bond donors (Lipinski definition) is 0. The fourth-order valence-electron chi connectivity index (χ4n) is 0.510. The molecule has 0 saturated heterocycles. The Balaban J connectivity index is 3.12. The van der Waals surface area contributed by atoms with E-state index in [4.69, 9.17) is 4.43 Å². The second kappa shape index (κ2) is 4.63. The Bertz CT molecular complexity index is 96.3. The van der Waals surface area contributed by atoms with E-state index in [1.54, 1.807) is 0 Å². The van der Waals surface area contributed by atoms with Crippen LogP contribution < -0.4 is 0 Å². The van der Waals surface area contributed by atoms with E-state index in [9.17, 15) is 4.79 Å². The zero-order valence-electron chi connectivity index (χ0n) is 7.02. The molecule has 0 aromatic carbocycles. The monoisotopic (exact) mass is 160 g/mol. The van der Waals surface area contributed by atoms with Crippen LogP contribution in [0, 0.1) is 5.41 Å². The van der Waals surface area contributed by atoms with Gasteiger partial charge < -0.3 is 9.22 Å². The van der Waals surface area contributed by atoms with Gasteiger partial charge in [0.15, 0.2) is 9.76 Å². The highest BCUT2D eigenvalue weighted by molar-refractivity contribution is 6.27. The molecule has 0 atom stereocenters. The summed E-state index contributed by atoms with van der Waals surface area (Å²) in [6.07, 6.45) is 0.815. The lowest BCUT2D eigenvalue weighted by Gasteiger charge is -2.16. The van der Waals surface area contributed by atoms with Crippen molar-refractivity contribution in [3.8, 4) is 0 Å². The Labute approximate surface area is 64.9 Å². The second-order valence-corrected chi connectivity index (χ2v) is 4.87. The molecular formula is C7H16O2Si. The van der Waals surface area contributed by atoms with Crippen LogP contribution in [0.15, 0.2) is 0 Å². The molecule has 0 radical (unpaired) electrons. The molecule has 0 bridgehead atoms. The van der Waals surface area contributed by atoms with Gasteiger partial charge in [0.05, 0.1) is 6.61 Å². The van der Waals surface area contributed by atoms with Crippen LogP contribution in [0.3, 0.4) is 0 Å². The summed E-state index contributed by atoms with van der Waals surface area (Å²) in [5, 5.41) is 0. The smallest absolute Gasteiger partial charge is 0.162 e. The van der Waals surface area contributed by atoms with E-state index in [0.29, 0.717) is 12.0 Å². The molecule has 0 aliphatic carbocycles. The van der Waals surface area contributed by atoms with Gasteiger partial charge in [-0.2, -0.15) is 0 Å². The lowest BCUT2D eigenvalue weighted by atomic mass is 10.0. The van der Waals surface area contributed by atoms with E-state index >= 15 is 0 Å². The predicted molar refractivity (Wildman–Crippen MR) is 44.8 cm³/mol. The number of aldehydes is 1. The van der Waals surface area contributed by atoms with E-state index in [0.717, 1.165) is 12.3 Å². The first-order valence-corrected chi connectivity index (χ1v) is 5.15. The molecule has 0 unspecified atom stereocenters. The van der Waals surface area contributed by atoms with Crippen molar-refractivity contribution in [3.05, 3.63) is 0 Å². The normalized spacial score (nSPS) is 12.7. The molecule has 0 aromatic rings. The van der Waals surface area contributed by atoms with Gasteiger partial charge >= 0.3 is 0 Å². The average molecular weight is 160 g/mol. The third-order valence-corrected chi connectivity index (χ3v) is 3.41. The molecule has 0 aromatic heterocycles. The predicted octanol–water partition coefficient (Wildman–Crippen LogP) is 0.750. The Morgan fingerprint density at radius 1 is 1.50 bits per heavy atom. The van der Waals surface area contributed by atoms with Crippen LogP contribution in [0.5, 0.6) is 0 Å². The van der Waals surface area contributed by atoms with Gasteiger partial charge in [0.25, 0.3) is 0 Å². The van der Waals surface area contributed by atoms with Crippen molar-refractivity contribution in [3.63, 3.8) is 0 Å². The molecule has 0 rings (SSSR count). The van der Waals surface area contributed by atoms with Crippen LogP contribution in [0.1, 0.15) is 20.8 Å². The Morgan fingerprint density at radius 2 is 2.10 bits per heavy atom. The van der Waals surface area contributed by atoms with Gasteiger partial charge in [-0.25, -0.2) is 0 Å². The zero-order valence-corrected chi connectivity index (χ0v) is 8.43. The molecular weight excluding hydrogens is 144 g/mol. The summed E-state index contributed by atoms with van der Waals surface area (Å²) >= 11 is 0. The highest BCUT2D eigenvalue weighted by atomic mass is 28.2. The van der Waals surface area contributed by atoms with Crippen molar-refractivity contribution in [2.75, 3.05) is 6.61 Å². The largest absolute Gasteiger partial charge is 0.417 e. The number of hydrogen-bond acceptors (Lipinski definition) is 2. The van der Waals surface area contributed by atoms with Crippen molar-refractivity contribution < 1.29 is 9.22 Å². The van der Waals surface area contributed by atoms with Gasteiger partial charge in [-0.15, -0.1) is 0 Å². The molecule has 0 saturated carbocycles. The Morgan fingerprint density at radius 3 is 2.50 bits per heavy atom. The van der Waals surface area contributed by atoms with Crippen LogP contribution in [-0.4, -0.2) is 22.7 Å². The van der Waals surface area contributed by atoms with Crippen LogP contribution in [0.4, 0.5) is 0 Å². The van der Waals surface area contributed by atoms with E-state index in [1.165, 1.54) is 0 Å². The molecule has 3 heteroatoms. The Hall–Kier alpha value is -0.153. The van der Waals surface area contributed by atoms with Crippen molar-refractivity contribution in [1.82, 2.24) is 0 Å². The first-order chi connectivity index (χ1) is 4.56. The number of rotatable bonds is 4. The maximum Gasteiger partial charge on any atom is 0.162 e. The quantitative estimate of drug-likeness (QED) is 0.345. The van der Waals surface area contributed by atoms with Crippen LogP contribution in [0.2, 0.25) is 6.04 Å². The van der Waals surface area contributed by atoms with Crippen molar-refractivity contribution in [2.24, 2.45) is 5.41 Å². The maximum atomic E-state index is 9.83. The van der Waals surface area contributed by atoms with E-state index in [1.807, 2.05) is 0 Å². The van der Waals surface area contributed by atoms with Gasteiger partial charge in [-0.1, -0.05) is 20.8 Å². The molecule has 0 heterocycles. The summed E-state index contributed by atoms with van der Waals surface area (Å²) in [5.41, 5.74) is 0.370. The van der Waals surface area contributed by atoms with Gasteiger partial charge in [-0.05, 0) is 11.5 Å². The van der Waals surface area contributed by atoms with Crippen LogP contribution in [0.25, 0.3) is 0 Å². The molecule has 0 spiro atoms. The van der Waals surface area contributed by atoms with Crippen molar-refractivity contribution in [2.45, 2.75) is 26.8 Å². The van der Waals surface area contributed by atoms with Gasteiger partial charge in [0.2, 0.25) is 0 Å². The van der Waals surface area contributed by atoms with Crippen molar-refractivity contribution in [1.29, 1.82) is 0 Å². The Kier molecular flexibility index (Phi) is 4.56. The van der Waals surface area contributed by atoms with Gasteiger partial charge in [0, 0.05) is 0 Å². The maximum absolute atomic E-state index is 9.83. The average Bonchev–Trinajstić information content (AvgIpc) is 1.78. The fraction of sp³-hybridized carbons (Fsp3) is 0.857. The minimum absolute atomic E-state index is 0.294. The highest BCUT2D eigenvalue weighted by Gasteiger charge is 2.09. The standard InChI is InChI=1S/C7H16O2Si/c1-7(2,3)6-10-9-5-4-8/h4H,5-6,10H2,1-3H3. The minimum Gasteiger partial charge on any atom is -0.417 e. The summed E-state index contributed by atoms with van der Waals surface area (Å²) in [6.45, 7) is 6.85. The topological polar surface area (TPSA) is 26.3 Å². The molecule has 60 valence electrons. The third-order valence-electron chi connectivity index (χ3n) is 1.18. The summed E-state index contributed by atoms with van der Waals surface area (Å²) in [5.74, 6) is 0. The SMILES string of the molecule is CC(C)(C)C[SiH2]OCC=O. The lowest BCUT2D eigenvalue weighted by Crippen LogP contribution is -2.11. The van der Waals surface area contributed by atoms with Gasteiger partial charge in [-0.3, -0.25) is 0 Å². The lowest BCUT2D eigenvalue weighted by molar-refractivity contribution is -0.109. The molecule has 10 heavy (non-hydrogen) atoms. The second-order valence-electron chi connectivity index (χ2n) is 3.55. The molecule has 0 N–H and O–H groups in total. The molecule has 0 aliphatic heterocycles. The molecule has 0 fully saturated rings. The molecule has 0 aliphatic rings. The number of carbonyl (C=O) groups excluding carboxylic acids is 1. The van der Waals surface area contributed by atoms with Crippen LogP contribution in [-0.2, 0) is 9.22 Å². The van der Waals surface area contributed by atoms with Crippen LogP contribution >= 0.6 is 0 Å². The van der Waals surface area contributed by atoms with Gasteiger partial charge in [0.1, 0.15) is 6.29 Å². The first-order valence-electron chi connectivity index (χ1n) is 3.57. The van der Waals surface area contributed by atoms with E-state index < -0.39 is 9.76 Å². The molecule has 0 amide bonds. The highest BCUT2D eigenvalue weighted by Crippen LogP contribution is 2.17. The summed E-state index contributed by atoms with van der Waals surface area (Å²) in [6, 6.07) is 1.14. The molecule has 2 nitrogen and oxygen atoms in total. The minimum atomic E-state index is -0.435. The van der Waals surface area contributed by atoms with E-state index in [2.05, 4.69) is 20.8 Å². The summed E-state index contributed by atoms with van der Waals surface area (Å²) < 4.78 is 5.13. The number of carbonyl (C=O) groups is 1. The summed E-state index contributed by atoms with van der Waals surface area (Å²) in [7, 11) is -0.435. The summed E-state index contributed by atoms with van der Waals surface area (Å²) in [4.78, 5) is 9.83. The zero-order chi connectivity index (χ0) is 8.04. The fourth-order valence-corrected chi connectivity index (χ4v) is 1.53. The van der Waals surface area contributed by atoms with Crippen molar-refractivity contribution >= 4 is 16.0 Å².